The monoisotopic (exact) mass is 423 g/mol. The van der Waals surface area contributed by atoms with Crippen molar-refractivity contribution in [1.82, 2.24) is 16.2 Å². The lowest BCUT2D eigenvalue weighted by Crippen LogP contribution is -2.52. The number of rotatable bonds is 7. The molecule has 3 amide bonds. The van der Waals surface area contributed by atoms with Crippen LogP contribution in [0.4, 0.5) is 0 Å². The van der Waals surface area contributed by atoms with Crippen molar-refractivity contribution in [1.29, 1.82) is 0 Å². The van der Waals surface area contributed by atoms with Crippen LogP contribution in [0.1, 0.15) is 38.7 Å². The van der Waals surface area contributed by atoms with Crippen molar-refractivity contribution < 1.29 is 18.8 Å². The summed E-state index contributed by atoms with van der Waals surface area (Å²) < 4.78 is 5.31. The van der Waals surface area contributed by atoms with E-state index >= 15 is 0 Å². The lowest BCUT2D eigenvalue weighted by atomic mass is 10.1. The van der Waals surface area contributed by atoms with Gasteiger partial charge < -0.3 is 9.73 Å². The zero-order valence-corrected chi connectivity index (χ0v) is 17.4. The molecule has 0 radical (unpaired) electrons. The van der Waals surface area contributed by atoms with E-state index in [1.165, 1.54) is 0 Å². The Bertz CT molecular complexity index is 869. The summed E-state index contributed by atoms with van der Waals surface area (Å²) in [4.78, 5) is 37.2. The first-order valence-corrected chi connectivity index (χ1v) is 10.3. The second-order valence-corrected chi connectivity index (χ2v) is 7.45. The quantitative estimate of drug-likeness (QED) is 0.594. The van der Waals surface area contributed by atoms with Gasteiger partial charge in [0.05, 0.1) is 16.1 Å². The maximum absolute atomic E-state index is 12.5. The highest BCUT2D eigenvalue weighted by molar-refractivity contribution is 7.98. The van der Waals surface area contributed by atoms with Gasteiger partial charge in [0.25, 0.3) is 17.7 Å². The zero-order chi connectivity index (χ0) is 20.7. The molecule has 1 atom stereocenters. The van der Waals surface area contributed by atoms with Gasteiger partial charge in [-0.05, 0) is 50.5 Å². The van der Waals surface area contributed by atoms with Gasteiger partial charge in [0.1, 0.15) is 17.6 Å². The minimum Gasteiger partial charge on any atom is -0.466 e. The number of hydrogen-bond acceptors (Lipinski definition) is 5. The Balaban J connectivity index is 2.02. The molecule has 0 fully saturated rings. The average Bonchev–Trinajstić information content (AvgIpc) is 3.01. The van der Waals surface area contributed by atoms with Crippen LogP contribution >= 0.6 is 23.4 Å². The van der Waals surface area contributed by atoms with Crippen LogP contribution in [-0.2, 0) is 4.79 Å². The number of benzene rings is 1. The molecule has 1 aromatic carbocycles. The fraction of sp³-hybridized carbons (Fsp3) is 0.316. The topological polar surface area (TPSA) is 100 Å². The van der Waals surface area contributed by atoms with Crippen LogP contribution in [0.25, 0.3) is 0 Å². The molecule has 0 unspecified atom stereocenters. The van der Waals surface area contributed by atoms with Gasteiger partial charge in [0.15, 0.2) is 0 Å². The molecular formula is C19H22ClN3O4S. The Morgan fingerprint density at radius 2 is 1.82 bits per heavy atom. The standard InChI is InChI=1S/C19H22ClN3O4S/c1-11-10-14(12(2)27-11)18(25)22-23-19(26)16(8-9-28-3)21-17(24)13-6-4-5-7-15(13)20/h4-7,10,16H,8-9H2,1-3H3,(H,21,24)(H,22,25)(H,23,26)/t16-/m1/s1. The van der Waals surface area contributed by atoms with E-state index in [2.05, 4.69) is 16.2 Å². The van der Waals surface area contributed by atoms with Crippen molar-refractivity contribution in [2.45, 2.75) is 26.3 Å². The molecule has 0 aliphatic heterocycles. The Labute approximate surface area is 172 Å². The molecule has 0 spiro atoms. The van der Waals surface area contributed by atoms with Gasteiger partial charge in [0.2, 0.25) is 0 Å². The number of nitrogens with one attached hydrogen (secondary N) is 3. The third-order valence-corrected chi connectivity index (χ3v) is 4.91. The number of carbonyl (C=O) groups is 3. The highest BCUT2D eigenvalue weighted by Crippen LogP contribution is 2.15. The normalized spacial score (nSPS) is 11.6. The summed E-state index contributed by atoms with van der Waals surface area (Å²) >= 11 is 7.58. The summed E-state index contributed by atoms with van der Waals surface area (Å²) in [5.74, 6) is 0.215. The summed E-state index contributed by atoms with van der Waals surface area (Å²) in [6.45, 7) is 3.39. The predicted molar refractivity (Wildman–Crippen MR) is 109 cm³/mol. The smallest absolute Gasteiger partial charge is 0.273 e. The van der Waals surface area contributed by atoms with Gasteiger partial charge in [-0.2, -0.15) is 11.8 Å². The van der Waals surface area contributed by atoms with Crippen LogP contribution in [-0.4, -0.2) is 35.8 Å². The summed E-state index contributed by atoms with van der Waals surface area (Å²) in [7, 11) is 0. The number of carbonyl (C=O) groups excluding carboxylic acids is 3. The molecule has 1 aromatic heterocycles. The highest BCUT2D eigenvalue weighted by atomic mass is 35.5. The van der Waals surface area contributed by atoms with E-state index in [0.29, 0.717) is 34.3 Å². The maximum atomic E-state index is 12.5. The summed E-state index contributed by atoms with van der Waals surface area (Å²) in [6, 6.07) is 7.33. The number of hydrazine groups is 1. The van der Waals surface area contributed by atoms with Gasteiger partial charge in [-0.3, -0.25) is 25.2 Å². The molecule has 1 heterocycles. The minimum absolute atomic E-state index is 0.277. The van der Waals surface area contributed by atoms with Gasteiger partial charge in [-0.15, -0.1) is 0 Å². The highest BCUT2D eigenvalue weighted by Gasteiger charge is 2.23. The van der Waals surface area contributed by atoms with E-state index < -0.39 is 23.8 Å². The maximum Gasteiger partial charge on any atom is 0.273 e. The van der Waals surface area contributed by atoms with Crippen molar-refractivity contribution >= 4 is 41.1 Å². The molecule has 0 saturated carbocycles. The average molecular weight is 424 g/mol. The van der Waals surface area contributed by atoms with E-state index in [0.717, 1.165) is 0 Å². The molecular weight excluding hydrogens is 402 g/mol. The summed E-state index contributed by atoms with van der Waals surface area (Å²) in [6.07, 6.45) is 2.29. The summed E-state index contributed by atoms with van der Waals surface area (Å²) in [5, 5.41) is 2.96. The molecule has 9 heteroatoms. The lowest BCUT2D eigenvalue weighted by molar-refractivity contribution is -0.123. The molecule has 0 aliphatic carbocycles. The van der Waals surface area contributed by atoms with Crippen LogP contribution in [0, 0.1) is 13.8 Å². The van der Waals surface area contributed by atoms with E-state index in [-0.39, 0.29) is 5.56 Å². The first-order chi connectivity index (χ1) is 13.3. The number of furan rings is 1. The molecule has 0 aliphatic rings. The summed E-state index contributed by atoms with van der Waals surface area (Å²) in [5.41, 5.74) is 5.32. The number of aryl methyl sites for hydroxylation is 2. The van der Waals surface area contributed by atoms with Crippen LogP contribution in [0.15, 0.2) is 34.7 Å². The Morgan fingerprint density at radius 1 is 1.11 bits per heavy atom. The second-order valence-electron chi connectivity index (χ2n) is 6.06. The minimum atomic E-state index is -0.830. The molecule has 150 valence electrons. The fourth-order valence-corrected chi connectivity index (χ4v) is 3.21. The molecule has 2 rings (SSSR count). The number of hydrogen-bond donors (Lipinski definition) is 3. The van der Waals surface area contributed by atoms with Crippen LogP contribution in [0.3, 0.4) is 0 Å². The number of amides is 3. The molecule has 3 N–H and O–H groups in total. The molecule has 28 heavy (non-hydrogen) atoms. The Morgan fingerprint density at radius 3 is 2.43 bits per heavy atom. The van der Waals surface area contributed by atoms with Crippen molar-refractivity contribution in [2.75, 3.05) is 12.0 Å². The van der Waals surface area contributed by atoms with Crippen molar-refractivity contribution in [3.05, 3.63) is 58.0 Å². The van der Waals surface area contributed by atoms with Gasteiger partial charge in [0, 0.05) is 0 Å². The van der Waals surface area contributed by atoms with E-state index in [1.54, 1.807) is 55.9 Å². The predicted octanol–water partition coefficient (Wildman–Crippen LogP) is 2.86. The molecule has 0 saturated heterocycles. The van der Waals surface area contributed by atoms with Crippen LogP contribution in [0.2, 0.25) is 5.02 Å². The van der Waals surface area contributed by atoms with Crippen molar-refractivity contribution in [3.63, 3.8) is 0 Å². The zero-order valence-electron chi connectivity index (χ0n) is 15.8. The SMILES string of the molecule is CSCC[C@@H](NC(=O)c1ccccc1Cl)C(=O)NNC(=O)c1cc(C)oc1C. The molecule has 2 aromatic rings. The molecule has 7 nitrogen and oxygen atoms in total. The largest absolute Gasteiger partial charge is 0.466 e. The first-order valence-electron chi connectivity index (χ1n) is 8.55. The lowest BCUT2D eigenvalue weighted by Gasteiger charge is -2.18. The van der Waals surface area contributed by atoms with Gasteiger partial charge in [-0.25, -0.2) is 0 Å². The number of thioether (sulfide) groups is 1. The van der Waals surface area contributed by atoms with Crippen molar-refractivity contribution in [3.8, 4) is 0 Å². The van der Waals surface area contributed by atoms with Gasteiger partial charge in [-0.1, -0.05) is 23.7 Å². The first kappa shape index (κ1) is 21.8. The molecule has 0 bridgehead atoms. The van der Waals surface area contributed by atoms with E-state index in [9.17, 15) is 14.4 Å². The Kier molecular flexibility index (Phi) is 7.95. The van der Waals surface area contributed by atoms with Gasteiger partial charge >= 0.3 is 0 Å². The number of halogens is 1. The van der Waals surface area contributed by atoms with E-state index in [1.807, 2.05) is 6.26 Å². The van der Waals surface area contributed by atoms with Crippen LogP contribution in [0.5, 0.6) is 0 Å². The third kappa shape index (κ3) is 5.77. The Hall–Kier alpha value is -2.45. The van der Waals surface area contributed by atoms with Crippen molar-refractivity contribution in [2.24, 2.45) is 0 Å². The third-order valence-electron chi connectivity index (χ3n) is 3.94. The fourth-order valence-electron chi connectivity index (χ4n) is 2.51. The van der Waals surface area contributed by atoms with Crippen LogP contribution < -0.4 is 16.2 Å². The van der Waals surface area contributed by atoms with E-state index in [4.69, 9.17) is 16.0 Å². The second kappa shape index (κ2) is 10.2.